The summed E-state index contributed by atoms with van der Waals surface area (Å²) in [6, 6.07) is 6.86. The van der Waals surface area contributed by atoms with Gasteiger partial charge in [0.15, 0.2) is 0 Å². The number of amides is 2. The molecular weight excluding hydrogens is 352 g/mol. The summed E-state index contributed by atoms with van der Waals surface area (Å²) >= 11 is 0. The number of carboxylic acid groups (broad SMARTS) is 1. The summed E-state index contributed by atoms with van der Waals surface area (Å²) in [6.45, 7) is 1.69. The van der Waals surface area contributed by atoms with Crippen LogP contribution >= 0.6 is 0 Å². The van der Waals surface area contributed by atoms with Crippen molar-refractivity contribution < 1.29 is 29.3 Å². The molecule has 1 saturated heterocycles. The van der Waals surface area contributed by atoms with Gasteiger partial charge in [0.25, 0.3) is 0 Å². The Morgan fingerprint density at radius 3 is 2.78 bits per heavy atom. The van der Waals surface area contributed by atoms with E-state index >= 15 is 0 Å². The summed E-state index contributed by atoms with van der Waals surface area (Å²) in [7, 11) is 1.53. The van der Waals surface area contributed by atoms with E-state index in [9.17, 15) is 24.6 Å². The first kappa shape index (κ1) is 19.1. The van der Waals surface area contributed by atoms with Crippen molar-refractivity contribution in [1.29, 1.82) is 0 Å². The van der Waals surface area contributed by atoms with Crippen molar-refractivity contribution in [3.63, 3.8) is 0 Å². The van der Waals surface area contributed by atoms with Crippen molar-refractivity contribution >= 4 is 23.4 Å². The Balaban J connectivity index is 1.83. The van der Waals surface area contributed by atoms with Crippen LogP contribution in [0.2, 0.25) is 0 Å². The standard InChI is InChI=1S/C19H22N2O6/c1-10(22)16-14-7-13(17(19(25)26)21(14)18(16)24)12-5-3-4-11(6-12)8-27-9-15(23)20-2/h3-6,10,14,16,22H,7-9H2,1-2H3,(H,20,23)(H,25,26)/t10-,14-,16-/m1/s1. The molecule has 0 radical (unpaired) electrons. The maximum atomic E-state index is 12.3. The third-order valence-electron chi connectivity index (χ3n) is 4.99. The Kier molecular flexibility index (Phi) is 5.29. The molecule has 3 atom stereocenters. The number of hydrogen-bond acceptors (Lipinski definition) is 5. The van der Waals surface area contributed by atoms with Gasteiger partial charge in [0, 0.05) is 7.05 Å². The summed E-state index contributed by atoms with van der Waals surface area (Å²) in [5.41, 5.74) is 2.03. The molecule has 2 heterocycles. The van der Waals surface area contributed by atoms with Crippen molar-refractivity contribution in [2.24, 2.45) is 5.92 Å². The normalized spacial score (nSPS) is 22.3. The molecule has 0 aromatic heterocycles. The average Bonchev–Trinajstić information content (AvgIpc) is 2.96. The van der Waals surface area contributed by atoms with Crippen molar-refractivity contribution in [2.75, 3.05) is 13.7 Å². The maximum Gasteiger partial charge on any atom is 0.352 e. The van der Waals surface area contributed by atoms with E-state index in [1.165, 1.54) is 11.9 Å². The van der Waals surface area contributed by atoms with E-state index in [1.54, 1.807) is 25.1 Å². The maximum absolute atomic E-state index is 12.3. The van der Waals surface area contributed by atoms with E-state index in [-0.39, 0.29) is 36.8 Å². The van der Waals surface area contributed by atoms with Gasteiger partial charge in [0.1, 0.15) is 12.3 Å². The second kappa shape index (κ2) is 7.50. The molecule has 8 nitrogen and oxygen atoms in total. The minimum atomic E-state index is -1.16. The van der Waals surface area contributed by atoms with Crippen LogP contribution in [0.3, 0.4) is 0 Å². The fraction of sp³-hybridized carbons (Fsp3) is 0.421. The minimum absolute atomic E-state index is 0.0228. The third-order valence-corrected chi connectivity index (χ3v) is 4.99. The molecule has 1 aromatic carbocycles. The summed E-state index contributed by atoms with van der Waals surface area (Å²) < 4.78 is 5.34. The highest BCUT2D eigenvalue weighted by Crippen LogP contribution is 2.46. The van der Waals surface area contributed by atoms with Crippen LogP contribution in [0.4, 0.5) is 0 Å². The van der Waals surface area contributed by atoms with E-state index < -0.39 is 18.0 Å². The molecule has 0 unspecified atom stereocenters. The molecule has 1 fully saturated rings. The number of aliphatic hydroxyl groups excluding tert-OH is 1. The number of β-lactam (4-membered cyclic amide) rings is 1. The third kappa shape index (κ3) is 3.45. The van der Waals surface area contributed by atoms with Gasteiger partial charge in [-0.25, -0.2) is 4.79 Å². The number of carbonyl (C=O) groups is 3. The molecule has 8 heteroatoms. The summed E-state index contributed by atoms with van der Waals surface area (Å²) in [5.74, 6) is -2.32. The predicted octanol–water partition coefficient (Wildman–Crippen LogP) is 0.356. The highest BCUT2D eigenvalue weighted by atomic mass is 16.5. The van der Waals surface area contributed by atoms with E-state index in [0.29, 0.717) is 17.6 Å². The first-order valence-electron chi connectivity index (χ1n) is 8.70. The van der Waals surface area contributed by atoms with Gasteiger partial charge in [-0.1, -0.05) is 18.2 Å². The van der Waals surface area contributed by atoms with Crippen LogP contribution in [0.1, 0.15) is 24.5 Å². The van der Waals surface area contributed by atoms with Gasteiger partial charge in [-0.3, -0.25) is 9.59 Å². The van der Waals surface area contributed by atoms with E-state index in [1.807, 2.05) is 6.07 Å². The first-order valence-corrected chi connectivity index (χ1v) is 8.70. The summed E-state index contributed by atoms with van der Waals surface area (Å²) in [6.07, 6.45) is -0.441. The molecule has 0 spiro atoms. The molecule has 1 aromatic rings. The summed E-state index contributed by atoms with van der Waals surface area (Å²) in [5, 5.41) is 21.9. The van der Waals surface area contributed by atoms with Gasteiger partial charge >= 0.3 is 5.97 Å². The smallest absolute Gasteiger partial charge is 0.352 e. The zero-order chi connectivity index (χ0) is 19.7. The molecule has 27 heavy (non-hydrogen) atoms. The second-order valence-electron chi connectivity index (χ2n) is 6.74. The average molecular weight is 374 g/mol. The number of carbonyl (C=O) groups excluding carboxylic acids is 2. The van der Waals surface area contributed by atoms with Crippen molar-refractivity contribution in [3.05, 3.63) is 41.1 Å². The van der Waals surface area contributed by atoms with Crippen molar-refractivity contribution in [3.8, 4) is 0 Å². The number of aliphatic hydroxyl groups is 1. The number of rotatable bonds is 7. The Bertz CT molecular complexity index is 816. The molecule has 2 aliphatic rings. The van der Waals surface area contributed by atoms with E-state index in [2.05, 4.69) is 5.32 Å². The van der Waals surface area contributed by atoms with Gasteiger partial charge in [-0.05, 0) is 36.1 Å². The molecular formula is C19H22N2O6. The molecule has 3 N–H and O–H groups in total. The minimum Gasteiger partial charge on any atom is -0.477 e. The van der Waals surface area contributed by atoms with E-state index in [0.717, 1.165) is 5.56 Å². The fourth-order valence-electron chi connectivity index (χ4n) is 3.71. The van der Waals surface area contributed by atoms with Crippen LogP contribution in [0.5, 0.6) is 0 Å². The van der Waals surface area contributed by atoms with Gasteiger partial charge < -0.3 is 25.2 Å². The number of fused-ring (bicyclic) bond motifs is 1. The highest BCUT2D eigenvalue weighted by Gasteiger charge is 2.56. The number of aliphatic carboxylic acids is 1. The molecule has 0 saturated carbocycles. The Labute approximate surface area is 156 Å². The monoisotopic (exact) mass is 374 g/mol. The Hall–Kier alpha value is -2.71. The van der Waals surface area contributed by atoms with Gasteiger partial charge in [-0.15, -0.1) is 0 Å². The lowest BCUT2D eigenvalue weighted by Crippen LogP contribution is -2.61. The quantitative estimate of drug-likeness (QED) is 0.594. The van der Waals surface area contributed by atoms with Crippen LogP contribution in [0.25, 0.3) is 5.57 Å². The first-order chi connectivity index (χ1) is 12.8. The molecule has 0 aliphatic carbocycles. The number of likely N-dealkylation sites (N-methyl/N-ethyl adjacent to an activating group) is 1. The van der Waals surface area contributed by atoms with Crippen molar-refractivity contribution in [1.82, 2.24) is 10.2 Å². The van der Waals surface area contributed by atoms with Crippen LogP contribution in [0.15, 0.2) is 30.0 Å². The number of nitrogens with zero attached hydrogens (tertiary/aromatic N) is 1. The highest BCUT2D eigenvalue weighted by molar-refractivity contribution is 6.06. The van der Waals surface area contributed by atoms with Gasteiger partial charge in [0.2, 0.25) is 11.8 Å². The fourth-order valence-corrected chi connectivity index (χ4v) is 3.71. The van der Waals surface area contributed by atoms with Crippen LogP contribution in [-0.4, -0.2) is 58.7 Å². The SMILES string of the molecule is CNC(=O)COCc1cccc(C2=C(C(=O)O)N3C(=O)[C@H]([C@@H](C)O)[C@H]3C2)c1. The molecule has 144 valence electrons. The van der Waals surface area contributed by atoms with Gasteiger partial charge in [-0.2, -0.15) is 0 Å². The Morgan fingerprint density at radius 1 is 1.41 bits per heavy atom. The second-order valence-corrected chi connectivity index (χ2v) is 6.74. The largest absolute Gasteiger partial charge is 0.477 e. The Morgan fingerprint density at radius 2 is 2.15 bits per heavy atom. The van der Waals surface area contributed by atoms with Crippen LogP contribution in [0, 0.1) is 5.92 Å². The molecule has 0 bridgehead atoms. The lowest BCUT2D eigenvalue weighted by molar-refractivity contribution is -0.161. The van der Waals surface area contributed by atoms with Crippen LogP contribution in [-0.2, 0) is 25.7 Å². The topological polar surface area (TPSA) is 116 Å². The zero-order valence-corrected chi connectivity index (χ0v) is 15.1. The van der Waals surface area contributed by atoms with Crippen LogP contribution < -0.4 is 5.32 Å². The molecule has 2 amide bonds. The number of benzene rings is 1. The number of nitrogens with one attached hydrogen (secondary N) is 1. The molecule has 2 aliphatic heterocycles. The van der Waals surface area contributed by atoms with Crippen molar-refractivity contribution in [2.45, 2.75) is 32.1 Å². The van der Waals surface area contributed by atoms with E-state index in [4.69, 9.17) is 4.74 Å². The summed E-state index contributed by atoms with van der Waals surface area (Å²) in [4.78, 5) is 36.6. The number of hydrogen-bond donors (Lipinski definition) is 3. The lowest BCUT2D eigenvalue weighted by Gasteiger charge is -2.44. The number of carboxylic acids is 1. The molecule has 3 rings (SSSR count). The van der Waals surface area contributed by atoms with Gasteiger partial charge in [0.05, 0.1) is 24.7 Å². The predicted molar refractivity (Wildman–Crippen MR) is 95.1 cm³/mol. The lowest BCUT2D eigenvalue weighted by atomic mass is 9.82. The zero-order valence-electron chi connectivity index (χ0n) is 15.1. The number of ether oxygens (including phenoxy) is 1.